The zero-order valence-corrected chi connectivity index (χ0v) is 25.2. The van der Waals surface area contributed by atoms with Crippen LogP contribution in [0.15, 0.2) is 48.5 Å². The van der Waals surface area contributed by atoms with Crippen molar-refractivity contribution < 1.29 is 41.0 Å². The summed E-state index contributed by atoms with van der Waals surface area (Å²) < 4.78 is 63.4. The third kappa shape index (κ3) is 8.81. The van der Waals surface area contributed by atoms with Crippen LogP contribution in [0.4, 0.5) is 13.2 Å². The molecule has 4 atom stereocenters. The number of benzene rings is 2. The first-order valence-corrected chi connectivity index (χ1v) is 15.0. The van der Waals surface area contributed by atoms with Crippen LogP contribution in [0, 0.1) is 0 Å². The number of amides is 1. The maximum atomic E-state index is 13.7. The van der Waals surface area contributed by atoms with Gasteiger partial charge in [-0.25, -0.2) is 13.2 Å². The Morgan fingerprint density at radius 3 is 2.07 bits per heavy atom. The summed E-state index contributed by atoms with van der Waals surface area (Å²) in [5.74, 6) is -3.24. The molecule has 0 bridgehead atoms. The van der Waals surface area contributed by atoms with E-state index in [1.165, 1.54) is 0 Å². The maximum Gasteiger partial charge on any atom is 0.490 e. The minimum atomic E-state index is -5.08. The molecular weight excluding hydrogens is 608 g/mol. The van der Waals surface area contributed by atoms with Crippen LogP contribution in [0.5, 0.6) is 0 Å². The molecule has 2 aromatic rings. The van der Waals surface area contributed by atoms with E-state index in [0.29, 0.717) is 16.5 Å². The number of nitrogens with zero attached hydrogens (tertiary/aromatic N) is 1. The summed E-state index contributed by atoms with van der Waals surface area (Å²) in [5, 5.41) is 8.21. The number of hydrogen-bond donors (Lipinski definition) is 2. The van der Waals surface area contributed by atoms with E-state index in [-0.39, 0.29) is 18.2 Å². The first kappa shape index (κ1) is 34.8. The molecule has 1 saturated heterocycles. The van der Waals surface area contributed by atoms with Crippen molar-refractivity contribution in [3.05, 3.63) is 69.7 Å². The molecule has 1 unspecified atom stereocenters. The van der Waals surface area contributed by atoms with Gasteiger partial charge in [-0.2, -0.15) is 13.2 Å². The van der Waals surface area contributed by atoms with Crippen molar-refractivity contribution in [3.8, 4) is 0 Å². The fourth-order valence-electron chi connectivity index (χ4n) is 4.16. The third-order valence-corrected chi connectivity index (χ3v) is 9.66. The van der Waals surface area contributed by atoms with Crippen LogP contribution < -0.4 is 5.73 Å². The molecule has 3 rings (SSSR count). The number of nitrogens with two attached hydrogens (primary N) is 1. The summed E-state index contributed by atoms with van der Waals surface area (Å²) in [5.41, 5.74) is 7.49. The van der Waals surface area contributed by atoms with E-state index >= 15 is 0 Å². The molecule has 0 aromatic heterocycles. The van der Waals surface area contributed by atoms with E-state index in [1.807, 2.05) is 31.2 Å². The van der Waals surface area contributed by atoms with Crippen molar-refractivity contribution in [1.29, 1.82) is 0 Å². The Hall–Kier alpha value is -2.38. The van der Waals surface area contributed by atoms with Gasteiger partial charge in [0.05, 0.1) is 16.5 Å². The monoisotopic (exact) mass is 640 g/mol. The van der Waals surface area contributed by atoms with Crippen LogP contribution in [-0.4, -0.2) is 65.7 Å². The number of sulfone groups is 1. The van der Waals surface area contributed by atoms with Gasteiger partial charge in [0, 0.05) is 22.6 Å². The highest BCUT2D eigenvalue weighted by atomic mass is 35.5. The van der Waals surface area contributed by atoms with Gasteiger partial charge in [0.25, 0.3) is 5.91 Å². The van der Waals surface area contributed by atoms with Crippen LogP contribution in [-0.2, 0) is 24.2 Å². The highest BCUT2D eigenvalue weighted by molar-refractivity contribution is 7.92. The molecule has 1 aliphatic rings. The lowest BCUT2D eigenvalue weighted by molar-refractivity contribution is -0.192. The van der Waals surface area contributed by atoms with Crippen LogP contribution in [0.25, 0.3) is 0 Å². The number of morpholine rings is 1. The maximum absolute atomic E-state index is 13.7. The SMILES string of the molecule is CCC(CS(=O)(=O)C(C)(C)C)N1C(=O)[C@@H](CN)O[C@H](c2cccc(Cl)c2)[C@H]1c1ccc(Cl)cc1.O=C(O)C(F)(F)F. The molecule has 228 valence electrons. The van der Waals surface area contributed by atoms with E-state index in [1.54, 1.807) is 49.9 Å². The zero-order valence-electron chi connectivity index (χ0n) is 22.9. The minimum absolute atomic E-state index is 0.0256. The number of ether oxygens (including phenoxy) is 1. The van der Waals surface area contributed by atoms with Crippen molar-refractivity contribution in [1.82, 2.24) is 4.90 Å². The predicted octanol–water partition coefficient (Wildman–Crippen LogP) is 5.59. The molecule has 1 aliphatic heterocycles. The standard InChI is InChI=1S/C25H32Cl2N2O4S.C2HF3O2/c1-5-20(15-34(31,32)25(2,3)4)29-22(16-9-11-18(26)12-10-16)23(33-21(14-28)24(29)30)17-7-6-8-19(27)13-17;3-2(4,5)1(6)7/h6-13,20-23H,5,14-15,28H2,1-4H3;(H,6,7)/t20?,21-,22-,23-;/m1./s1. The van der Waals surface area contributed by atoms with Crippen LogP contribution in [0.3, 0.4) is 0 Å². The largest absolute Gasteiger partial charge is 0.490 e. The van der Waals surface area contributed by atoms with Gasteiger partial charge in [-0.3, -0.25) is 4.79 Å². The number of alkyl halides is 3. The van der Waals surface area contributed by atoms with E-state index in [0.717, 1.165) is 11.1 Å². The number of halogens is 5. The molecule has 2 aromatic carbocycles. The Morgan fingerprint density at radius 1 is 1.07 bits per heavy atom. The van der Waals surface area contributed by atoms with E-state index in [4.69, 9.17) is 43.6 Å². The molecular formula is C27H33Cl2F3N2O6S. The summed E-state index contributed by atoms with van der Waals surface area (Å²) in [4.78, 5) is 24.2. The van der Waals surface area contributed by atoms with Gasteiger partial charge in [-0.05, 0) is 62.6 Å². The van der Waals surface area contributed by atoms with Gasteiger partial charge in [0.15, 0.2) is 9.84 Å². The summed E-state index contributed by atoms with van der Waals surface area (Å²) in [6, 6.07) is 13.3. The number of carboxylic acids is 1. The molecule has 0 spiro atoms. The second-order valence-electron chi connectivity index (χ2n) is 10.3. The molecule has 1 fully saturated rings. The number of carbonyl (C=O) groups excluding carboxylic acids is 1. The Morgan fingerprint density at radius 2 is 1.63 bits per heavy atom. The van der Waals surface area contributed by atoms with Crippen molar-refractivity contribution in [2.24, 2.45) is 5.73 Å². The van der Waals surface area contributed by atoms with Crippen LogP contribution >= 0.6 is 23.2 Å². The summed E-state index contributed by atoms with van der Waals surface area (Å²) in [7, 11) is -3.52. The van der Waals surface area contributed by atoms with Crippen molar-refractivity contribution in [2.75, 3.05) is 12.3 Å². The first-order chi connectivity index (χ1) is 18.8. The predicted molar refractivity (Wildman–Crippen MR) is 150 cm³/mol. The molecule has 0 saturated carbocycles. The molecule has 0 aliphatic carbocycles. The topological polar surface area (TPSA) is 127 Å². The van der Waals surface area contributed by atoms with Gasteiger partial charge in [0.1, 0.15) is 12.2 Å². The Kier molecular flexibility index (Phi) is 11.7. The van der Waals surface area contributed by atoms with Gasteiger partial charge in [-0.15, -0.1) is 0 Å². The molecule has 41 heavy (non-hydrogen) atoms. The first-order valence-electron chi connectivity index (χ1n) is 12.5. The molecule has 1 heterocycles. The van der Waals surface area contributed by atoms with Crippen molar-refractivity contribution in [3.63, 3.8) is 0 Å². The smallest absolute Gasteiger partial charge is 0.475 e. The lowest BCUT2D eigenvalue weighted by atomic mass is 9.90. The number of aliphatic carboxylic acids is 1. The molecule has 0 radical (unpaired) electrons. The lowest BCUT2D eigenvalue weighted by Gasteiger charge is -2.48. The lowest BCUT2D eigenvalue weighted by Crippen LogP contribution is -2.58. The molecule has 14 heteroatoms. The number of rotatable bonds is 7. The quantitative estimate of drug-likeness (QED) is 0.404. The van der Waals surface area contributed by atoms with Crippen molar-refractivity contribution in [2.45, 2.75) is 69.3 Å². The average Bonchev–Trinajstić information content (AvgIpc) is 2.87. The fourth-order valence-corrected chi connectivity index (χ4v) is 5.89. The Labute approximate surface area is 247 Å². The third-order valence-electron chi connectivity index (χ3n) is 6.48. The Balaban J connectivity index is 0.000000745. The minimum Gasteiger partial charge on any atom is -0.475 e. The number of hydrogen-bond acceptors (Lipinski definition) is 6. The van der Waals surface area contributed by atoms with Gasteiger partial charge < -0.3 is 20.5 Å². The molecule has 1 amide bonds. The van der Waals surface area contributed by atoms with Gasteiger partial charge in [0.2, 0.25) is 0 Å². The van der Waals surface area contributed by atoms with Crippen LogP contribution in [0.1, 0.15) is 57.4 Å². The normalized spacial score (nSPS) is 20.7. The average molecular weight is 642 g/mol. The molecule has 8 nitrogen and oxygen atoms in total. The highest BCUT2D eigenvalue weighted by Gasteiger charge is 2.47. The van der Waals surface area contributed by atoms with Crippen molar-refractivity contribution >= 4 is 44.9 Å². The van der Waals surface area contributed by atoms with E-state index in [2.05, 4.69) is 0 Å². The van der Waals surface area contributed by atoms with Crippen LogP contribution in [0.2, 0.25) is 10.0 Å². The second kappa shape index (κ2) is 13.7. The molecule has 3 N–H and O–H groups in total. The highest BCUT2D eigenvalue weighted by Crippen LogP contribution is 2.44. The van der Waals surface area contributed by atoms with Gasteiger partial charge >= 0.3 is 12.1 Å². The summed E-state index contributed by atoms with van der Waals surface area (Å²) in [6.45, 7) is 6.87. The summed E-state index contributed by atoms with van der Waals surface area (Å²) >= 11 is 12.4. The van der Waals surface area contributed by atoms with E-state index in [9.17, 15) is 26.4 Å². The van der Waals surface area contributed by atoms with E-state index < -0.39 is 51.0 Å². The number of carbonyl (C=O) groups is 2. The zero-order chi connectivity index (χ0) is 31.3. The number of carboxylic acid groups (broad SMARTS) is 1. The second-order valence-corrected chi connectivity index (χ2v) is 14.0. The fraction of sp³-hybridized carbons (Fsp3) is 0.481. The Bertz CT molecular complexity index is 1320. The summed E-state index contributed by atoms with van der Waals surface area (Å²) in [6.07, 6.45) is -6.14. The van der Waals surface area contributed by atoms with Gasteiger partial charge in [-0.1, -0.05) is 54.4 Å².